The number of carbonyl (C=O) groups is 1. The molecule has 1 fully saturated rings. The lowest BCUT2D eigenvalue weighted by atomic mass is 9.93. The normalized spacial score (nSPS) is 21.5. The second kappa shape index (κ2) is 9.48. The van der Waals surface area contributed by atoms with Gasteiger partial charge in [0.25, 0.3) is 5.69 Å². The van der Waals surface area contributed by atoms with E-state index >= 15 is 0 Å². The first kappa shape index (κ1) is 25.9. The van der Waals surface area contributed by atoms with E-state index in [1.807, 2.05) is 6.92 Å². The first-order chi connectivity index (χ1) is 15.3. The Hall–Kier alpha value is -1.75. The number of ether oxygens (including phenoxy) is 1. The molecule has 2 aliphatic rings. The van der Waals surface area contributed by atoms with Crippen molar-refractivity contribution >= 4 is 48.7 Å². The monoisotopic (exact) mass is 508 g/mol. The molecule has 0 aromatic heterocycles. The number of aliphatic hydroxyl groups is 1. The summed E-state index contributed by atoms with van der Waals surface area (Å²) in [6.07, 6.45) is 0.734. The van der Waals surface area contributed by atoms with Crippen molar-refractivity contribution in [2.45, 2.75) is 69.8 Å². The third-order valence-electron chi connectivity index (χ3n) is 7.37. The zero-order chi connectivity index (χ0) is 24.7. The molecule has 180 valence electrons. The molecular weight excluding hydrogens is 476 g/mol. The minimum Gasteiger partial charge on any atom is -0.477 e. The van der Waals surface area contributed by atoms with Crippen LogP contribution in [0.5, 0.6) is 0 Å². The fourth-order valence-corrected chi connectivity index (χ4v) is 9.10. The van der Waals surface area contributed by atoms with Crippen molar-refractivity contribution in [2.24, 2.45) is 5.92 Å². The van der Waals surface area contributed by atoms with Crippen LogP contribution in [0, 0.1) is 16.0 Å². The van der Waals surface area contributed by atoms with Crippen LogP contribution in [0.25, 0.3) is 0 Å². The van der Waals surface area contributed by atoms with E-state index in [0.29, 0.717) is 5.70 Å². The SMILES string of the molecule is CCC1=C(C(=S)OCc2ccc([N+](=O)[O-])cc2)N2C(=O)[C@@H]([C@H](CO)[Si](C)(C)C(C)(C)C)[C@H]2S1. The van der Waals surface area contributed by atoms with Gasteiger partial charge < -0.3 is 9.84 Å². The highest BCUT2D eigenvalue weighted by Crippen LogP contribution is 2.58. The van der Waals surface area contributed by atoms with Crippen LogP contribution >= 0.6 is 24.0 Å². The molecular formula is C23H32N2O5S2Si. The predicted octanol–water partition coefficient (Wildman–Crippen LogP) is 5.46. The topological polar surface area (TPSA) is 92.9 Å². The second-order valence-corrected chi connectivity index (χ2v) is 17.4. The molecule has 33 heavy (non-hydrogen) atoms. The van der Waals surface area contributed by atoms with E-state index in [9.17, 15) is 20.0 Å². The molecule has 1 saturated heterocycles. The lowest BCUT2D eigenvalue weighted by Gasteiger charge is -2.53. The quantitative estimate of drug-likeness (QED) is 0.164. The van der Waals surface area contributed by atoms with E-state index in [0.717, 1.165) is 16.9 Å². The number of nitro groups is 1. The number of thiocarbonyl (C=S) groups is 1. The maximum Gasteiger partial charge on any atom is 0.269 e. The molecule has 7 nitrogen and oxygen atoms in total. The molecule has 1 aromatic carbocycles. The molecule has 3 atom stereocenters. The van der Waals surface area contributed by atoms with E-state index in [1.54, 1.807) is 28.8 Å². The number of fused-ring (bicyclic) bond motifs is 1. The van der Waals surface area contributed by atoms with Crippen LogP contribution in [0.1, 0.15) is 39.7 Å². The summed E-state index contributed by atoms with van der Waals surface area (Å²) >= 11 is 7.23. The number of amides is 1. The van der Waals surface area contributed by atoms with Crippen molar-refractivity contribution in [3.05, 3.63) is 50.5 Å². The van der Waals surface area contributed by atoms with E-state index in [1.165, 1.54) is 12.1 Å². The third-order valence-corrected chi connectivity index (χ3v) is 15.5. The predicted molar refractivity (Wildman–Crippen MR) is 138 cm³/mol. The number of nitrogens with zero attached hydrogens (tertiary/aromatic N) is 2. The molecule has 0 saturated carbocycles. The van der Waals surface area contributed by atoms with Gasteiger partial charge >= 0.3 is 0 Å². The number of benzene rings is 1. The number of non-ortho nitro benzene ring substituents is 1. The number of nitro benzene ring substituents is 1. The van der Waals surface area contributed by atoms with Gasteiger partial charge in [-0.2, -0.15) is 0 Å². The number of rotatable bonds is 8. The highest BCUT2D eigenvalue weighted by atomic mass is 32.2. The summed E-state index contributed by atoms with van der Waals surface area (Å²) in [6.45, 7) is 13.3. The molecule has 1 N–H and O–H groups in total. The van der Waals surface area contributed by atoms with Gasteiger partial charge in [0.05, 0.1) is 24.3 Å². The van der Waals surface area contributed by atoms with E-state index in [-0.39, 0.29) is 51.7 Å². The first-order valence-electron chi connectivity index (χ1n) is 11.1. The maximum atomic E-state index is 13.4. The molecule has 0 radical (unpaired) electrons. The number of aliphatic hydroxyl groups excluding tert-OH is 1. The average molecular weight is 509 g/mol. The number of β-lactam (4-membered cyclic amide) rings is 1. The molecule has 1 aromatic rings. The number of hydrogen-bond donors (Lipinski definition) is 1. The standard InChI is InChI=1S/C23H32N2O5S2Si/c1-7-16-19(22(31)30-13-14-8-10-15(11-9-14)25(28)29)24-20(27)18(21(24)32-16)17(12-26)33(5,6)23(2,3)4/h8-11,17-18,21,26H,7,12-13H2,1-6H3/t17-,18+,21+/m0/s1. The Kier molecular flexibility index (Phi) is 7.43. The molecule has 0 aliphatic carbocycles. The summed E-state index contributed by atoms with van der Waals surface area (Å²) in [6, 6.07) is 6.13. The molecule has 3 rings (SSSR count). The van der Waals surface area contributed by atoms with Crippen molar-refractivity contribution in [1.29, 1.82) is 0 Å². The van der Waals surface area contributed by atoms with Gasteiger partial charge in [-0.3, -0.25) is 19.8 Å². The van der Waals surface area contributed by atoms with Crippen LogP contribution < -0.4 is 0 Å². The Morgan fingerprint density at radius 2 is 1.94 bits per heavy atom. The van der Waals surface area contributed by atoms with Gasteiger partial charge in [0, 0.05) is 23.6 Å². The van der Waals surface area contributed by atoms with Gasteiger partial charge in [-0.05, 0) is 46.9 Å². The van der Waals surface area contributed by atoms with E-state index in [2.05, 4.69) is 33.9 Å². The van der Waals surface area contributed by atoms with Crippen molar-refractivity contribution in [1.82, 2.24) is 4.90 Å². The fourth-order valence-electron chi connectivity index (χ4n) is 4.30. The van der Waals surface area contributed by atoms with Crippen molar-refractivity contribution in [2.75, 3.05) is 6.61 Å². The summed E-state index contributed by atoms with van der Waals surface area (Å²) in [5.41, 5.74) is 1.41. The zero-order valence-electron chi connectivity index (χ0n) is 20.0. The number of thioether (sulfide) groups is 1. The Labute approximate surface area is 205 Å². The van der Waals surface area contributed by atoms with Crippen LogP contribution in [-0.2, 0) is 16.1 Å². The van der Waals surface area contributed by atoms with Crippen LogP contribution in [0.2, 0.25) is 23.7 Å². The van der Waals surface area contributed by atoms with E-state index < -0.39 is 13.0 Å². The van der Waals surface area contributed by atoms with Gasteiger partial charge in [-0.25, -0.2) is 0 Å². The van der Waals surface area contributed by atoms with Gasteiger partial charge in [0.2, 0.25) is 11.0 Å². The Morgan fingerprint density at radius 3 is 2.42 bits per heavy atom. The van der Waals surface area contributed by atoms with Gasteiger partial charge in [0.15, 0.2) is 0 Å². The molecule has 10 heteroatoms. The van der Waals surface area contributed by atoms with Gasteiger partial charge in [0.1, 0.15) is 12.3 Å². The zero-order valence-corrected chi connectivity index (χ0v) is 22.6. The molecule has 1 amide bonds. The average Bonchev–Trinajstić information content (AvgIpc) is 3.09. The van der Waals surface area contributed by atoms with Crippen molar-refractivity contribution < 1.29 is 19.6 Å². The third kappa shape index (κ3) is 4.62. The molecule has 0 unspecified atom stereocenters. The minimum absolute atomic E-state index is 0.00960. The lowest BCUT2D eigenvalue weighted by Crippen LogP contribution is -2.63. The van der Waals surface area contributed by atoms with Crippen molar-refractivity contribution in [3.63, 3.8) is 0 Å². The molecule has 0 spiro atoms. The first-order valence-corrected chi connectivity index (χ1v) is 15.5. The van der Waals surface area contributed by atoms with Crippen LogP contribution in [-0.4, -0.2) is 45.9 Å². The fraction of sp³-hybridized carbons (Fsp3) is 0.565. The summed E-state index contributed by atoms with van der Waals surface area (Å²) in [7, 11) is -1.96. The Balaban J connectivity index is 1.75. The smallest absolute Gasteiger partial charge is 0.269 e. The summed E-state index contributed by atoms with van der Waals surface area (Å²) in [4.78, 5) is 26.5. The number of allylic oxidation sites excluding steroid dienone is 1. The molecule has 2 aliphatic heterocycles. The van der Waals surface area contributed by atoms with Gasteiger partial charge in [-0.15, -0.1) is 11.8 Å². The van der Waals surface area contributed by atoms with Crippen LogP contribution in [0.4, 0.5) is 5.69 Å². The summed E-state index contributed by atoms with van der Waals surface area (Å²) < 4.78 is 5.84. The lowest BCUT2D eigenvalue weighted by molar-refractivity contribution is -0.384. The van der Waals surface area contributed by atoms with Crippen molar-refractivity contribution in [3.8, 4) is 0 Å². The minimum atomic E-state index is -1.96. The molecule has 2 heterocycles. The second-order valence-electron chi connectivity index (χ2n) is 10.1. The van der Waals surface area contributed by atoms with Crippen LogP contribution in [0.15, 0.2) is 34.9 Å². The van der Waals surface area contributed by atoms with E-state index in [4.69, 9.17) is 17.0 Å². The highest BCUT2D eigenvalue weighted by Gasteiger charge is 2.61. The molecule has 0 bridgehead atoms. The highest BCUT2D eigenvalue weighted by molar-refractivity contribution is 8.04. The Morgan fingerprint density at radius 1 is 1.33 bits per heavy atom. The maximum absolute atomic E-state index is 13.4. The largest absolute Gasteiger partial charge is 0.477 e. The number of carbonyl (C=O) groups excluding carboxylic acids is 1. The summed E-state index contributed by atoms with van der Waals surface area (Å²) in [5, 5.41) is 21.4. The van der Waals surface area contributed by atoms with Crippen LogP contribution in [0.3, 0.4) is 0 Å². The Bertz CT molecular complexity index is 988. The summed E-state index contributed by atoms with van der Waals surface area (Å²) in [5.74, 6) is -0.214. The number of hydrogen-bond acceptors (Lipinski definition) is 7. The van der Waals surface area contributed by atoms with Gasteiger partial charge in [-0.1, -0.05) is 40.8 Å².